The molecule has 0 aliphatic heterocycles. The highest BCUT2D eigenvalue weighted by Gasteiger charge is 2.14. The highest BCUT2D eigenvalue weighted by Crippen LogP contribution is 2.23. The van der Waals surface area contributed by atoms with Crippen molar-refractivity contribution in [2.45, 2.75) is 6.54 Å². The van der Waals surface area contributed by atoms with Crippen LogP contribution in [0.3, 0.4) is 0 Å². The number of carbonyl (C=O) groups is 1. The molecule has 0 heterocycles. The Morgan fingerprint density at radius 2 is 1.90 bits per heavy atom. The maximum atomic E-state index is 12.0. The smallest absolute Gasteiger partial charge is 0.253 e. The van der Waals surface area contributed by atoms with Gasteiger partial charge in [0.25, 0.3) is 5.91 Å². The molecule has 104 valence electrons. The Kier molecular flexibility index (Phi) is 4.25. The molecule has 2 rings (SSSR count). The minimum absolute atomic E-state index is 0.132. The first-order valence-corrected chi connectivity index (χ1v) is 6.48. The lowest BCUT2D eigenvalue weighted by Crippen LogP contribution is -2.24. The molecule has 0 radical (unpaired) electrons. The van der Waals surface area contributed by atoms with Gasteiger partial charge in [-0.25, -0.2) is 0 Å². The third kappa shape index (κ3) is 3.09. The molecular formula is C16H19N3O. The molecule has 3 N–H and O–H groups in total. The van der Waals surface area contributed by atoms with Crippen LogP contribution in [0.5, 0.6) is 0 Å². The molecule has 2 aromatic rings. The van der Waals surface area contributed by atoms with Crippen molar-refractivity contribution in [3.8, 4) is 0 Å². The van der Waals surface area contributed by atoms with Gasteiger partial charge in [-0.1, -0.05) is 30.3 Å². The maximum Gasteiger partial charge on any atom is 0.253 e. The van der Waals surface area contributed by atoms with E-state index < -0.39 is 0 Å². The van der Waals surface area contributed by atoms with Crippen LogP contribution in [0, 0.1) is 0 Å². The Bertz CT molecular complexity index is 596. The molecule has 0 saturated carbocycles. The van der Waals surface area contributed by atoms with Gasteiger partial charge in [-0.15, -0.1) is 0 Å². The van der Waals surface area contributed by atoms with E-state index in [0.29, 0.717) is 11.3 Å². The van der Waals surface area contributed by atoms with Crippen molar-refractivity contribution in [3.63, 3.8) is 0 Å². The number of carbonyl (C=O) groups excluding carboxylic acids is 1. The van der Waals surface area contributed by atoms with Crippen LogP contribution in [0.4, 0.5) is 11.4 Å². The molecular weight excluding hydrogens is 250 g/mol. The van der Waals surface area contributed by atoms with Crippen molar-refractivity contribution in [2.75, 3.05) is 24.7 Å². The first kappa shape index (κ1) is 13.9. The minimum Gasteiger partial charge on any atom is -0.399 e. The number of rotatable bonds is 4. The summed E-state index contributed by atoms with van der Waals surface area (Å²) in [5.74, 6) is -0.132. The molecule has 2 aromatic carbocycles. The molecule has 0 aliphatic carbocycles. The van der Waals surface area contributed by atoms with E-state index in [1.807, 2.05) is 42.3 Å². The van der Waals surface area contributed by atoms with Crippen LogP contribution in [0.25, 0.3) is 0 Å². The zero-order valence-electron chi connectivity index (χ0n) is 11.8. The topological polar surface area (TPSA) is 58.4 Å². The second-order valence-corrected chi connectivity index (χ2v) is 4.70. The first-order chi connectivity index (χ1) is 9.61. The third-order valence-electron chi connectivity index (χ3n) is 3.17. The average Bonchev–Trinajstić information content (AvgIpc) is 2.47. The predicted octanol–water partition coefficient (Wildman–Crippen LogP) is 2.26. The largest absolute Gasteiger partial charge is 0.399 e. The van der Waals surface area contributed by atoms with Gasteiger partial charge in [-0.05, 0) is 23.8 Å². The quantitative estimate of drug-likeness (QED) is 0.837. The van der Waals surface area contributed by atoms with E-state index in [0.717, 1.165) is 12.2 Å². The van der Waals surface area contributed by atoms with Crippen LogP contribution >= 0.6 is 0 Å². The number of nitrogens with one attached hydrogen (secondary N) is 1. The molecule has 0 aliphatic rings. The lowest BCUT2D eigenvalue weighted by atomic mass is 10.1. The van der Waals surface area contributed by atoms with Gasteiger partial charge < -0.3 is 16.0 Å². The normalized spacial score (nSPS) is 10.1. The third-order valence-corrected chi connectivity index (χ3v) is 3.17. The van der Waals surface area contributed by atoms with Gasteiger partial charge in [-0.3, -0.25) is 4.79 Å². The van der Waals surface area contributed by atoms with E-state index in [4.69, 9.17) is 5.73 Å². The highest BCUT2D eigenvalue weighted by molar-refractivity contribution is 6.00. The Morgan fingerprint density at radius 3 is 2.55 bits per heavy atom. The van der Waals surface area contributed by atoms with Crippen LogP contribution in [-0.4, -0.2) is 20.0 Å². The lowest BCUT2D eigenvalue weighted by Gasteiger charge is -2.22. The van der Waals surface area contributed by atoms with Gasteiger partial charge in [-0.2, -0.15) is 0 Å². The molecule has 0 spiro atoms. The Labute approximate surface area is 119 Å². The van der Waals surface area contributed by atoms with Crippen LogP contribution in [0.15, 0.2) is 48.5 Å². The predicted molar refractivity (Wildman–Crippen MR) is 82.8 cm³/mol. The monoisotopic (exact) mass is 269 g/mol. The van der Waals surface area contributed by atoms with Gasteiger partial charge in [0.15, 0.2) is 0 Å². The number of benzene rings is 2. The SMILES string of the molecule is CNC(=O)c1cc(N)ccc1N(C)Cc1ccccc1. The summed E-state index contributed by atoms with van der Waals surface area (Å²) < 4.78 is 0. The molecule has 4 nitrogen and oxygen atoms in total. The Balaban J connectivity index is 2.29. The van der Waals surface area contributed by atoms with E-state index in [-0.39, 0.29) is 5.91 Å². The number of amides is 1. The summed E-state index contributed by atoms with van der Waals surface area (Å²) in [5, 5.41) is 2.65. The summed E-state index contributed by atoms with van der Waals surface area (Å²) in [7, 11) is 3.58. The van der Waals surface area contributed by atoms with Gasteiger partial charge in [0.1, 0.15) is 0 Å². The maximum absolute atomic E-state index is 12.0. The summed E-state index contributed by atoms with van der Waals surface area (Å²) in [5.41, 5.74) is 9.00. The number of nitrogen functional groups attached to an aromatic ring is 1. The molecule has 0 bridgehead atoms. The Hall–Kier alpha value is -2.49. The van der Waals surface area contributed by atoms with E-state index in [9.17, 15) is 4.79 Å². The van der Waals surface area contributed by atoms with Gasteiger partial charge in [0.2, 0.25) is 0 Å². The van der Waals surface area contributed by atoms with E-state index >= 15 is 0 Å². The van der Waals surface area contributed by atoms with Crippen LogP contribution < -0.4 is 16.0 Å². The number of nitrogens with two attached hydrogens (primary N) is 1. The van der Waals surface area contributed by atoms with Crippen molar-refractivity contribution >= 4 is 17.3 Å². The molecule has 4 heteroatoms. The molecule has 0 fully saturated rings. The van der Waals surface area contributed by atoms with Crippen molar-refractivity contribution < 1.29 is 4.79 Å². The fourth-order valence-electron chi connectivity index (χ4n) is 2.15. The first-order valence-electron chi connectivity index (χ1n) is 6.48. The van der Waals surface area contributed by atoms with E-state index in [2.05, 4.69) is 17.4 Å². The fourth-order valence-corrected chi connectivity index (χ4v) is 2.15. The van der Waals surface area contributed by atoms with Crippen molar-refractivity contribution in [3.05, 3.63) is 59.7 Å². The minimum atomic E-state index is -0.132. The standard InChI is InChI=1S/C16H19N3O/c1-18-16(20)14-10-13(17)8-9-15(14)19(2)11-12-6-4-3-5-7-12/h3-10H,11,17H2,1-2H3,(H,18,20). The second kappa shape index (κ2) is 6.10. The van der Waals surface area contributed by atoms with Crippen LogP contribution in [-0.2, 0) is 6.54 Å². The molecule has 0 unspecified atom stereocenters. The Morgan fingerprint density at radius 1 is 1.20 bits per heavy atom. The summed E-state index contributed by atoms with van der Waals surface area (Å²) in [4.78, 5) is 14.0. The van der Waals surface area contributed by atoms with Crippen molar-refractivity contribution in [1.29, 1.82) is 0 Å². The average molecular weight is 269 g/mol. The molecule has 0 saturated heterocycles. The fraction of sp³-hybridized carbons (Fsp3) is 0.188. The molecule has 0 aromatic heterocycles. The van der Waals surface area contributed by atoms with Gasteiger partial charge in [0.05, 0.1) is 5.56 Å². The lowest BCUT2D eigenvalue weighted by molar-refractivity contribution is 0.0963. The molecule has 0 atom stereocenters. The number of hydrogen-bond acceptors (Lipinski definition) is 3. The highest BCUT2D eigenvalue weighted by atomic mass is 16.1. The zero-order chi connectivity index (χ0) is 14.5. The van der Waals surface area contributed by atoms with Crippen LogP contribution in [0.2, 0.25) is 0 Å². The summed E-state index contributed by atoms with van der Waals surface area (Å²) in [6, 6.07) is 15.5. The number of nitrogens with zero attached hydrogens (tertiary/aromatic N) is 1. The van der Waals surface area contributed by atoms with Gasteiger partial charge >= 0.3 is 0 Å². The van der Waals surface area contributed by atoms with E-state index in [1.165, 1.54) is 5.56 Å². The van der Waals surface area contributed by atoms with Crippen molar-refractivity contribution in [2.24, 2.45) is 0 Å². The summed E-state index contributed by atoms with van der Waals surface area (Å²) >= 11 is 0. The van der Waals surface area contributed by atoms with Crippen LogP contribution in [0.1, 0.15) is 15.9 Å². The van der Waals surface area contributed by atoms with Crippen molar-refractivity contribution in [1.82, 2.24) is 5.32 Å². The van der Waals surface area contributed by atoms with Gasteiger partial charge in [0, 0.05) is 32.0 Å². The summed E-state index contributed by atoms with van der Waals surface area (Å²) in [6.07, 6.45) is 0. The number of hydrogen-bond donors (Lipinski definition) is 2. The summed E-state index contributed by atoms with van der Waals surface area (Å²) in [6.45, 7) is 0.731. The van der Waals surface area contributed by atoms with E-state index in [1.54, 1.807) is 13.1 Å². The zero-order valence-corrected chi connectivity index (χ0v) is 11.8. The molecule has 20 heavy (non-hydrogen) atoms. The number of anilines is 2. The molecule has 1 amide bonds. The second-order valence-electron chi connectivity index (χ2n) is 4.70.